The Kier molecular flexibility index (Phi) is 8.75. The van der Waals surface area contributed by atoms with E-state index in [0.29, 0.717) is 41.3 Å². The van der Waals surface area contributed by atoms with Gasteiger partial charge in [0.1, 0.15) is 11.7 Å². The normalized spacial score (nSPS) is 17.5. The standard InChI is InChI=1S/C32H35FN6O3/c1-21(40)34-19-22-5-4-6-23(17-22)31(30-27-12-7-24(33)18-28(27)36-32(30)42)35-25-8-10-26(11-9-25)38(3)29(41)20-39-15-13-37(2)14-16-39/h4-12,17-18,30H,13-16,19-20H2,1-3H3,(H,34,40)(H,36,42). The van der Waals surface area contributed by atoms with E-state index in [1.165, 1.54) is 19.1 Å². The molecule has 1 atom stereocenters. The minimum Gasteiger partial charge on any atom is -0.352 e. The fourth-order valence-corrected chi connectivity index (χ4v) is 5.21. The van der Waals surface area contributed by atoms with Crippen molar-refractivity contribution in [2.24, 2.45) is 4.99 Å². The molecule has 0 radical (unpaired) electrons. The zero-order valence-corrected chi connectivity index (χ0v) is 24.1. The number of amides is 3. The number of fused-ring (bicyclic) bond motifs is 1. The van der Waals surface area contributed by atoms with Crippen LogP contribution in [-0.2, 0) is 20.9 Å². The van der Waals surface area contributed by atoms with Crippen LogP contribution in [-0.4, -0.2) is 80.1 Å². The van der Waals surface area contributed by atoms with Crippen molar-refractivity contribution in [2.75, 3.05) is 57.0 Å². The summed E-state index contributed by atoms with van der Waals surface area (Å²) in [7, 11) is 3.85. The average Bonchev–Trinajstić information content (AvgIpc) is 3.30. The highest BCUT2D eigenvalue weighted by molar-refractivity contribution is 6.24. The van der Waals surface area contributed by atoms with E-state index >= 15 is 0 Å². The molecule has 3 aromatic carbocycles. The largest absolute Gasteiger partial charge is 0.352 e. The summed E-state index contributed by atoms with van der Waals surface area (Å²) < 4.78 is 13.9. The highest BCUT2D eigenvalue weighted by Crippen LogP contribution is 2.37. The van der Waals surface area contributed by atoms with Crippen molar-refractivity contribution in [3.63, 3.8) is 0 Å². The van der Waals surface area contributed by atoms with Crippen molar-refractivity contribution in [3.8, 4) is 0 Å². The summed E-state index contributed by atoms with van der Waals surface area (Å²) in [6, 6.07) is 19.0. The number of halogens is 1. The quantitative estimate of drug-likeness (QED) is 0.404. The molecule has 218 valence electrons. The number of carbonyl (C=O) groups is 3. The molecule has 42 heavy (non-hydrogen) atoms. The molecule has 2 aliphatic rings. The molecule has 9 nitrogen and oxygen atoms in total. The summed E-state index contributed by atoms with van der Waals surface area (Å²) in [5, 5.41) is 5.58. The van der Waals surface area contributed by atoms with Crippen LogP contribution in [0.3, 0.4) is 0 Å². The van der Waals surface area contributed by atoms with Crippen LogP contribution in [0.25, 0.3) is 0 Å². The van der Waals surface area contributed by atoms with Gasteiger partial charge >= 0.3 is 0 Å². The second-order valence-electron chi connectivity index (χ2n) is 10.8. The van der Waals surface area contributed by atoms with Gasteiger partial charge in [0.05, 0.1) is 17.9 Å². The average molecular weight is 571 g/mol. The maximum absolute atomic E-state index is 13.9. The van der Waals surface area contributed by atoms with Gasteiger partial charge in [0, 0.05) is 58.1 Å². The number of benzene rings is 3. The van der Waals surface area contributed by atoms with Crippen LogP contribution in [0.2, 0.25) is 0 Å². The topological polar surface area (TPSA) is 97.3 Å². The number of hydrogen-bond acceptors (Lipinski definition) is 6. The summed E-state index contributed by atoms with van der Waals surface area (Å²) in [6.07, 6.45) is 0. The molecule has 2 N–H and O–H groups in total. The van der Waals surface area contributed by atoms with Crippen LogP contribution in [0, 0.1) is 5.82 Å². The molecule has 0 spiro atoms. The van der Waals surface area contributed by atoms with Crippen molar-refractivity contribution in [2.45, 2.75) is 19.4 Å². The second kappa shape index (κ2) is 12.6. The van der Waals surface area contributed by atoms with E-state index in [-0.39, 0.29) is 17.7 Å². The molecular weight excluding hydrogens is 535 g/mol. The van der Waals surface area contributed by atoms with Gasteiger partial charge < -0.3 is 20.4 Å². The number of aliphatic imine (C=N–C) groups is 1. The summed E-state index contributed by atoms with van der Waals surface area (Å²) in [5.74, 6) is -1.63. The zero-order chi connectivity index (χ0) is 29.8. The van der Waals surface area contributed by atoms with Crippen LogP contribution in [0.1, 0.15) is 29.5 Å². The van der Waals surface area contributed by atoms with Gasteiger partial charge in [-0.25, -0.2) is 4.39 Å². The van der Waals surface area contributed by atoms with Gasteiger partial charge in [-0.3, -0.25) is 24.3 Å². The van der Waals surface area contributed by atoms with Gasteiger partial charge in [-0.1, -0.05) is 24.3 Å². The number of piperazine rings is 1. The number of nitrogens with zero attached hydrogens (tertiary/aromatic N) is 4. The third-order valence-electron chi connectivity index (χ3n) is 7.70. The van der Waals surface area contributed by atoms with Crippen molar-refractivity contribution < 1.29 is 18.8 Å². The maximum atomic E-state index is 13.9. The van der Waals surface area contributed by atoms with Gasteiger partial charge in [-0.2, -0.15) is 0 Å². The Bertz CT molecular complexity index is 1510. The summed E-state index contributed by atoms with van der Waals surface area (Å²) >= 11 is 0. The Morgan fingerprint density at radius 1 is 1.05 bits per heavy atom. The second-order valence-corrected chi connectivity index (χ2v) is 10.8. The van der Waals surface area contributed by atoms with Gasteiger partial charge in [-0.05, 0) is 66.2 Å². The fourth-order valence-electron chi connectivity index (χ4n) is 5.21. The lowest BCUT2D eigenvalue weighted by atomic mass is 9.90. The Morgan fingerprint density at radius 2 is 1.79 bits per heavy atom. The predicted octanol–water partition coefficient (Wildman–Crippen LogP) is 3.53. The van der Waals surface area contributed by atoms with Crippen molar-refractivity contribution in [1.29, 1.82) is 0 Å². The molecule has 1 unspecified atom stereocenters. The highest BCUT2D eigenvalue weighted by Gasteiger charge is 2.35. The predicted molar refractivity (Wildman–Crippen MR) is 162 cm³/mol. The van der Waals surface area contributed by atoms with Crippen molar-refractivity contribution in [3.05, 3.63) is 89.2 Å². The number of anilines is 2. The Hall–Kier alpha value is -4.41. The molecule has 0 bridgehead atoms. The summed E-state index contributed by atoms with van der Waals surface area (Å²) in [6.45, 7) is 5.77. The number of hydrogen-bond donors (Lipinski definition) is 2. The monoisotopic (exact) mass is 570 g/mol. The molecule has 0 aromatic heterocycles. The van der Waals surface area contributed by atoms with Gasteiger partial charge in [0.25, 0.3) is 0 Å². The minimum absolute atomic E-state index is 0.0129. The van der Waals surface area contributed by atoms with Crippen LogP contribution in [0.5, 0.6) is 0 Å². The minimum atomic E-state index is -0.760. The molecule has 1 fully saturated rings. The first-order valence-electron chi connectivity index (χ1n) is 14.0. The first kappa shape index (κ1) is 29.1. The molecule has 2 heterocycles. The van der Waals surface area contributed by atoms with E-state index in [1.54, 1.807) is 18.0 Å². The molecule has 0 aliphatic carbocycles. The zero-order valence-electron chi connectivity index (χ0n) is 24.1. The number of likely N-dealkylation sites (N-methyl/N-ethyl adjacent to an activating group) is 2. The lowest BCUT2D eigenvalue weighted by Crippen LogP contribution is -2.48. The Labute approximate surface area is 245 Å². The fraction of sp³-hybridized carbons (Fsp3) is 0.312. The molecule has 3 amide bonds. The lowest BCUT2D eigenvalue weighted by Gasteiger charge is -2.32. The third kappa shape index (κ3) is 6.72. The molecule has 10 heteroatoms. The molecule has 0 saturated carbocycles. The van der Waals surface area contributed by atoms with Gasteiger partial charge in [0.2, 0.25) is 17.7 Å². The Morgan fingerprint density at radius 3 is 2.50 bits per heavy atom. The number of rotatable bonds is 8. The van der Waals surface area contributed by atoms with Gasteiger partial charge in [0.15, 0.2) is 0 Å². The number of nitrogens with one attached hydrogen (secondary N) is 2. The number of carbonyl (C=O) groups excluding carboxylic acids is 3. The van der Waals surface area contributed by atoms with Crippen LogP contribution in [0.15, 0.2) is 71.7 Å². The molecule has 5 rings (SSSR count). The smallest absolute Gasteiger partial charge is 0.240 e. The van der Waals surface area contributed by atoms with Gasteiger partial charge in [-0.15, -0.1) is 0 Å². The molecular formula is C32H35FN6O3. The Balaban J connectivity index is 1.43. The van der Waals surface area contributed by atoms with Crippen LogP contribution >= 0.6 is 0 Å². The molecule has 3 aromatic rings. The van der Waals surface area contributed by atoms with E-state index in [0.717, 1.165) is 37.4 Å². The van der Waals surface area contributed by atoms with E-state index in [9.17, 15) is 18.8 Å². The van der Waals surface area contributed by atoms with E-state index in [1.807, 2.05) is 48.5 Å². The van der Waals surface area contributed by atoms with Crippen molar-refractivity contribution >= 4 is 40.5 Å². The van der Waals surface area contributed by atoms with E-state index < -0.39 is 11.7 Å². The summed E-state index contributed by atoms with van der Waals surface area (Å²) in [5.41, 5.74) is 4.45. The van der Waals surface area contributed by atoms with Crippen LogP contribution in [0.4, 0.5) is 21.5 Å². The molecule has 2 aliphatic heterocycles. The third-order valence-corrected chi connectivity index (χ3v) is 7.70. The highest BCUT2D eigenvalue weighted by atomic mass is 19.1. The molecule has 1 saturated heterocycles. The van der Waals surface area contributed by atoms with Crippen LogP contribution < -0.4 is 15.5 Å². The van der Waals surface area contributed by atoms with E-state index in [4.69, 9.17) is 4.99 Å². The SMILES string of the molecule is CC(=O)NCc1cccc(C(=Nc2ccc(N(C)C(=O)CN3CCN(C)CC3)cc2)C2C(=O)Nc3cc(F)ccc32)c1. The first-order chi connectivity index (χ1) is 20.2. The first-order valence-corrected chi connectivity index (χ1v) is 14.0. The maximum Gasteiger partial charge on any atom is 0.240 e. The summed E-state index contributed by atoms with van der Waals surface area (Å²) in [4.78, 5) is 48.7. The van der Waals surface area contributed by atoms with E-state index in [2.05, 4.69) is 27.5 Å². The van der Waals surface area contributed by atoms with Crippen molar-refractivity contribution in [1.82, 2.24) is 15.1 Å². The lowest BCUT2D eigenvalue weighted by molar-refractivity contribution is -0.120.